The zero-order chi connectivity index (χ0) is 17.1. The smallest absolute Gasteiger partial charge is 0.263 e. The highest BCUT2D eigenvalue weighted by atomic mass is 79.9. The predicted octanol–water partition coefficient (Wildman–Crippen LogP) is 1.60. The number of aromatic nitrogens is 1. The van der Waals surface area contributed by atoms with Gasteiger partial charge in [-0.3, -0.25) is 0 Å². The van der Waals surface area contributed by atoms with Crippen molar-refractivity contribution in [3.05, 3.63) is 59.1 Å². The molecule has 0 unspecified atom stereocenters. The monoisotopic (exact) mass is 424 g/mol. The van der Waals surface area contributed by atoms with Gasteiger partial charge >= 0.3 is 0 Å². The van der Waals surface area contributed by atoms with Crippen molar-refractivity contribution >= 4 is 39.4 Å². The zero-order valence-electron chi connectivity index (χ0n) is 14.6. The van der Waals surface area contributed by atoms with Crippen molar-refractivity contribution < 1.29 is 21.5 Å². The van der Waals surface area contributed by atoms with Crippen LogP contribution < -0.4 is 26.4 Å². The minimum absolute atomic E-state index is 0. The maximum atomic E-state index is 5.57. The molecule has 4 heteroatoms. The first-order chi connectivity index (χ1) is 12.3. The lowest BCUT2D eigenvalue weighted by Gasteiger charge is -2.17. The summed E-state index contributed by atoms with van der Waals surface area (Å²) in [5.74, 6) is 2.77. The molecular formula is C22H21BrN2S. The molecule has 1 aromatic heterocycles. The van der Waals surface area contributed by atoms with Gasteiger partial charge in [-0.1, -0.05) is 35.6 Å². The van der Waals surface area contributed by atoms with E-state index >= 15 is 0 Å². The lowest BCUT2D eigenvalue weighted by molar-refractivity contribution is -0.655. The van der Waals surface area contributed by atoms with E-state index in [0.717, 1.165) is 0 Å². The molecular weight excluding hydrogens is 404 g/mol. The van der Waals surface area contributed by atoms with E-state index in [1.54, 1.807) is 11.3 Å². The number of terminal acetylenes is 1. The zero-order valence-corrected chi connectivity index (χ0v) is 17.0. The van der Waals surface area contributed by atoms with E-state index < -0.39 is 0 Å². The minimum Gasteiger partial charge on any atom is -1.00 e. The van der Waals surface area contributed by atoms with Crippen LogP contribution in [0.4, 0.5) is 5.69 Å². The van der Waals surface area contributed by atoms with Crippen LogP contribution in [0.1, 0.15) is 23.4 Å². The van der Waals surface area contributed by atoms with Crippen molar-refractivity contribution in [3.8, 4) is 12.3 Å². The molecule has 3 aromatic rings. The van der Waals surface area contributed by atoms with Gasteiger partial charge in [0.15, 0.2) is 0 Å². The third-order valence-corrected chi connectivity index (χ3v) is 5.80. The van der Waals surface area contributed by atoms with Gasteiger partial charge in [0.05, 0.1) is 0 Å². The van der Waals surface area contributed by atoms with Crippen LogP contribution in [-0.4, -0.2) is 13.1 Å². The molecule has 26 heavy (non-hydrogen) atoms. The van der Waals surface area contributed by atoms with E-state index in [0.29, 0.717) is 6.54 Å². The largest absolute Gasteiger partial charge is 1.00 e. The number of thiazole rings is 1. The quantitative estimate of drug-likeness (QED) is 0.455. The average Bonchev–Trinajstić information content (AvgIpc) is 3.30. The Balaban J connectivity index is 0.00000196. The first-order valence-corrected chi connectivity index (χ1v) is 9.55. The van der Waals surface area contributed by atoms with Gasteiger partial charge in [-0.15, -0.1) is 6.42 Å². The van der Waals surface area contributed by atoms with Crippen molar-refractivity contribution in [1.29, 1.82) is 0 Å². The molecule has 1 aliphatic rings. The van der Waals surface area contributed by atoms with Gasteiger partial charge in [0.25, 0.3) is 5.01 Å². The molecule has 4 rings (SSSR count). The summed E-state index contributed by atoms with van der Waals surface area (Å²) in [5, 5.41) is 1.18. The van der Waals surface area contributed by atoms with E-state index in [4.69, 9.17) is 6.42 Å². The number of rotatable bonds is 4. The number of benzene rings is 2. The Morgan fingerprint density at radius 3 is 2.50 bits per heavy atom. The predicted molar refractivity (Wildman–Crippen MR) is 108 cm³/mol. The Bertz CT molecular complexity index is 944. The Morgan fingerprint density at radius 2 is 1.77 bits per heavy atom. The van der Waals surface area contributed by atoms with E-state index in [1.807, 2.05) is 0 Å². The van der Waals surface area contributed by atoms with Gasteiger partial charge < -0.3 is 21.9 Å². The third-order valence-electron chi connectivity index (χ3n) is 4.67. The SMILES string of the molecule is C#CC[n+]1c(/C=C/c2ccc(N3CCCC3)cc2)sc2ccccc21.[Br-]. The number of halogens is 1. The number of nitrogens with zero attached hydrogens (tertiary/aromatic N) is 2. The highest BCUT2D eigenvalue weighted by Gasteiger charge is 2.17. The first-order valence-electron chi connectivity index (χ1n) is 8.73. The van der Waals surface area contributed by atoms with Crippen LogP contribution >= 0.6 is 11.3 Å². The molecule has 2 heterocycles. The van der Waals surface area contributed by atoms with E-state index in [1.165, 1.54) is 52.4 Å². The fourth-order valence-electron chi connectivity index (χ4n) is 3.37. The fourth-order valence-corrected chi connectivity index (χ4v) is 4.43. The molecule has 0 atom stereocenters. The van der Waals surface area contributed by atoms with E-state index in [-0.39, 0.29) is 17.0 Å². The Hall–Kier alpha value is -2.09. The second-order valence-electron chi connectivity index (χ2n) is 6.32. The second kappa shape index (κ2) is 8.53. The van der Waals surface area contributed by atoms with Crippen LogP contribution in [0.2, 0.25) is 0 Å². The number of para-hydroxylation sites is 1. The lowest BCUT2D eigenvalue weighted by Crippen LogP contribution is -3.00. The maximum Gasteiger partial charge on any atom is 0.263 e. The minimum atomic E-state index is 0. The normalized spacial score (nSPS) is 13.9. The molecule has 2 nitrogen and oxygen atoms in total. The molecule has 0 bridgehead atoms. The van der Waals surface area contributed by atoms with Crippen molar-refractivity contribution in [3.63, 3.8) is 0 Å². The number of hydrogen-bond donors (Lipinski definition) is 0. The summed E-state index contributed by atoms with van der Waals surface area (Å²) in [4.78, 5) is 2.46. The molecule has 0 saturated carbocycles. The summed E-state index contributed by atoms with van der Waals surface area (Å²) in [7, 11) is 0. The topological polar surface area (TPSA) is 7.12 Å². The maximum absolute atomic E-state index is 5.57. The highest BCUT2D eigenvalue weighted by molar-refractivity contribution is 7.18. The van der Waals surface area contributed by atoms with Gasteiger partial charge in [0.1, 0.15) is 4.70 Å². The van der Waals surface area contributed by atoms with Crippen LogP contribution in [0.3, 0.4) is 0 Å². The molecule has 1 fully saturated rings. The molecule has 0 spiro atoms. The number of anilines is 1. The van der Waals surface area contributed by atoms with E-state index in [9.17, 15) is 0 Å². The van der Waals surface area contributed by atoms with Crippen LogP contribution in [0.5, 0.6) is 0 Å². The van der Waals surface area contributed by atoms with Crippen LogP contribution in [0.25, 0.3) is 22.4 Å². The van der Waals surface area contributed by atoms with Crippen molar-refractivity contribution in [2.24, 2.45) is 0 Å². The molecule has 0 N–H and O–H groups in total. The molecule has 0 amide bonds. The standard InChI is InChI=1S/C22H21N2S.BrH/c1-2-15-24-20-7-3-4-8-21(20)25-22(24)14-11-18-9-12-19(13-10-18)23-16-5-6-17-23;/h1,3-4,7-14H,5-6,15-17H2;1H/q+1;/p-1. The first kappa shape index (κ1) is 18.7. The molecule has 0 aliphatic carbocycles. The number of fused-ring (bicyclic) bond motifs is 1. The average molecular weight is 425 g/mol. The summed E-state index contributed by atoms with van der Waals surface area (Å²) in [6.45, 7) is 2.96. The molecule has 2 aromatic carbocycles. The molecule has 1 saturated heterocycles. The summed E-state index contributed by atoms with van der Waals surface area (Å²) >= 11 is 1.78. The van der Waals surface area contributed by atoms with E-state index in [2.05, 4.69) is 76.1 Å². The highest BCUT2D eigenvalue weighted by Crippen LogP contribution is 2.23. The van der Waals surface area contributed by atoms with Gasteiger partial charge in [-0.2, -0.15) is 4.57 Å². The Morgan fingerprint density at radius 1 is 1.04 bits per heavy atom. The summed E-state index contributed by atoms with van der Waals surface area (Å²) < 4.78 is 3.47. The number of hydrogen-bond acceptors (Lipinski definition) is 2. The molecule has 132 valence electrons. The Labute approximate surface area is 169 Å². The summed E-state index contributed by atoms with van der Waals surface area (Å²) in [6.07, 6.45) is 12.5. The summed E-state index contributed by atoms with van der Waals surface area (Å²) in [6, 6.07) is 17.3. The Kier molecular flexibility index (Phi) is 6.13. The van der Waals surface area contributed by atoms with Crippen molar-refractivity contribution in [2.75, 3.05) is 18.0 Å². The molecule has 1 aliphatic heterocycles. The van der Waals surface area contributed by atoms with Gasteiger partial charge in [0, 0.05) is 30.9 Å². The lowest BCUT2D eigenvalue weighted by atomic mass is 10.2. The van der Waals surface area contributed by atoms with Crippen molar-refractivity contribution in [2.45, 2.75) is 19.4 Å². The summed E-state index contributed by atoms with van der Waals surface area (Å²) in [5.41, 5.74) is 3.75. The molecule has 0 radical (unpaired) electrons. The van der Waals surface area contributed by atoms with Crippen molar-refractivity contribution in [1.82, 2.24) is 0 Å². The van der Waals surface area contributed by atoms with Crippen LogP contribution in [-0.2, 0) is 6.54 Å². The van der Waals surface area contributed by atoms with Gasteiger partial charge in [0.2, 0.25) is 12.1 Å². The third kappa shape index (κ3) is 3.85. The van der Waals surface area contributed by atoms with Crippen LogP contribution in [0, 0.1) is 12.3 Å². The van der Waals surface area contributed by atoms with Gasteiger partial charge in [-0.25, -0.2) is 0 Å². The second-order valence-corrected chi connectivity index (χ2v) is 7.38. The van der Waals surface area contributed by atoms with Crippen LogP contribution in [0.15, 0.2) is 48.5 Å². The van der Waals surface area contributed by atoms with Gasteiger partial charge in [-0.05, 0) is 48.6 Å². The fraction of sp³-hybridized carbons (Fsp3) is 0.227.